The summed E-state index contributed by atoms with van der Waals surface area (Å²) in [5, 5.41) is 0. The molecule has 0 radical (unpaired) electrons. The average molecular weight is 186 g/mol. The first-order valence-electron chi connectivity index (χ1n) is 5.26. The lowest BCUT2D eigenvalue weighted by atomic mass is 10.1. The van der Waals surface area contributed by atoms with E-state index in [1.165, 1.54) is 6.54 Å². The smallest absolute Gasteiger partial charge is 0.0714 e. The lowest BCUT2D eigenvalue weighted by Crippen LogP contribution is -2.44. The largest absolute Gasteiger partial charge is 0.376 e. The number of rotatable bonds is 4. The third-order valence-electron chi connectivity index (χ3n) is 2.33. The van der Waals surface area contributed by atoms with Crippen molar-refractivity contribution >= 4 is 0 Å². The van der Waals surface area contributed by atoms with Crippen LogP contribution < -0.4 is 5.73 Å². The molecule has 1 aliphatic heterocycles. The maximum atomic E-state index is 5.61. The minimum absolute atomic E-state index is 0.373. The summed E-state index contributed by atoms with van der Waals surface area (Å²) in [6.45, 7) is 9.46. The van der Waals surface area contributed by atoms with Crippen molar-refractivity contribution in [3.63, 3.8) is 0 Å². The Morgan fingerprint density at radius 1 is 1.54 bits per heavy atom. The Hall–Kier alpha value is -0.120. The van der Waals surface area contributed by atoms with Crippen LogP contribution >= 0.6 is 0 Å². The van der Waals surface area contributed by atoms with Crippen molar-refractivity contribution in [3.8, 4) is 0 Å². The molecule has 0 saturated carbocycles. The van der Waals surface area contributed by atoms with Crippen LogP contribution in [0, 0.1) is 5.92 Å². The molecule has 1 fully saturated rings. The highest BCUT2D eigenvalue weighted by atomic mass is 16.5. The molecule has 0 aromatic carbocycles. The number of nitrogens with zero attached hydrogens (tertiary/aromatic N) is 1. The van der Waals surface area contributed by atoms with Gasteiger partial charge in [-0.25, -0.2) is 0 Å². The first-order chi connectivity index (χ1) is 6.22. The number of ether oxygens (including phenoxy) is 1. The van der Waals surface area contributed by atoms with Gasteiger partial charge < -0.3 is 10.5 Å². The van der Waals surface area contributed by atoms with Gasteiger partial charge in [-0.2, -0.15) is 0 Å². The zero-order valence-corrected chi connectivity index (χ0v) is 8.83. The summed E-state index contributed by atoms with van der Waals surface area (Å²) in [5.41, 5.74) is 5.51. The molecule has 0 aromatic heterocycles. The van der Waals surface area contributed by atoms with Gasteiger partial charge in [0.05, 0.1) is 12.7 Å². The molecule has 1 saturated heterocycles. The van der Waals surface area contributed by atoms with Gasteiger partial charge >= 0.3 is 0 Å². The second-order valence-electron chi connectivity index (χ2n) is 4.22. The third kappa shape index (κ3) is 4.07. The summed E-state index contributed by atoms with van der Waals surface area (Å²) in [7, 11) is 0. The van der Waals surface area contributed by atoms with Gasteiger partial charge in [0.1, 0.15) is 0 Å². The van der Waals surface area contributed by atoms with E-state index in [2.05, 4.69) is 18.7 Å². The van der Waals surface area contributed by atoms with Crippen molar-refractivity contribution in [1.82, 2.24) is 4.90 Å². The van der Waals surface area contributed by atoms with E-state index in [1.807, 2.05) is 0 Å². The summed E-state index contributed by atoms with van der Waals surface area (Å²) in [4.78, 5) is 2.48. The standard InChI is InChI=1S/C10H22N2O/c1-9(2)7-12-5-6-13-10(8-12)3-4-11/h9-10H,3-8,11H2,1-2H3/t10-/m1/s1. The molecule has 0 bridgehead atoms. The molecule has 3 heteroatoms. The van der Waals surface area contributed by atoms with Crippen LogP contribution in [0.15, 0.2) is 0 Å². The molecule has 0 unspecified atom stereocenters. The van der Waals surface area contributed by atoms with Crippen molar-refractivity contribution in [3.05, 3.63) is 0 Å². The molecule has 78 valence electrons. The van der Waals surface area contributed by atoms with E-state index in [0.717, 1.165) is 38.6 Å². The van der Waals surface area contributed by atoms with Crippen LogP contribution in [0.2, 0.25) is 0 Å². The predicted molar refractivity (Wildman–Crippen MR) is 54.7 cm³/mol. The maximum Gasteiger partial charge on any atom is 0.0714 e. The fourth-order valence-corrected chi connectivity index (χ4v) is 1.82. The molecular weight excluding hydrogens is 164 g/mol. The molecule has 1 rings (SSSR count). The fraction of sp³-hybridized carbons (Fsp3) is 1.00. The molecule has 0 aliphatic carbocycles. The monoisotopic (exact) mass is 186 g/mol. The Labute approximate surface area is 81.2 Å². The summed E-state index contributed by atoms with van der Waals surface area (Å²) in [6, 6.07) is 0. The van der Waals surface area contributed by atoms with Crippen LogP contribution in [0.1, 0.15) is 20.3 Å². The highest BCUT2D eigenvalue weighted by Crippen LogP contribution is 2.09. The zero-order chi connectivity index (χ0) is 9.68. The first-order valence-corrected chi connectivity index (χ1v) is 5.26. The SMILES string of the molecule is CC(C)CN1CCO[C@H](CCN)C1. The molecule has 0 spiro atoms. The minimum atomic E-state index is 0.373. The minimum Gasteiger partial charge on any atom is -0.376 e. The van der Waals surface area contributed by atoms with Gasteiger partial charge in [0, 0.05) is 19.6 Å². The van der Waals surface area contributed by atoms with Gasteiger partial charge in [-0.1, -0.05) is 13.8 Å². The number of nitrogens with two attached hydrogens (primary N) is 1. The lowest BCUT2D eigenvalue weighted by Gasteiger charge is -2.33. The van der Waals surface area contributed by atoms with E-state index in [-0.39, 0.29) is 0 Å². The predicted octanol–water partition coefficient (Wildman–Crippen LogP) is 0.692. The van der Waals surface area contributed by atoms with Crippen molar-refractivity contribution in [1.29, 1.82) is 0 Å². The Balaban J connectivity index is 2.24. The van der Waals surface area contributed by atoms with E-state index in [9.17, 15) is 0 Å². The Kier molecular flexibility index (Phi) is 4.70. The second-order valence-corrected chi connectivity index (χ2v) is 4.22. The Morgan fingerprint density at radius 3 is 2.92 bits per heavy atom. The van der Waals surface area contributed by atoms with Crippen LogP contribution in [0.25, 0.3) is 0 Å². The topological polar surface area (TPSA) is 38.5 Å². The lowest BCUT2D eigenvalue weighted by molar-refractivity contribution is -0.0337. The van der Waals surface area contributed by atoms with Crippen molar-refractivity contribution in [2.24, 2.45) is 11.7 Å². The van der Waals surface area contributed by atoms with Crippen LogP contribution in [-0.2, 0) is 4.74 Å². The van der Waals surface area contributed by atoms with Crippen LogP contribution in [0.4, 0.5) is 0 Å². The van der Waals surface area contributed by atoms with Gasteiger partial charge in [-0.05, 0) is 18.9 Å². The highest BCUT2D eigenvalue weighted by Gasteiger charge is 2.19. The molecule has 2 N–H and O–H groups in total. The summed E-state index contributed by atoms with van der Waals surface area (Å²) in [5.74, 6) is 0.747. The second kappa shape index (κ2) is 5.58. The summed E-state index contributed by atoms with van der Waals surface area (Å²) in [6.07, 6.45) is 1.37. The van der Waals surface area contributed by atoms with E-state index >= 15 is 0 Å². The summed E-state index contributed by atoms with van der Waals surface area (Å²) < 4.78 is 5.61. The van der Waals surface area contributed by atoms with Gasteiger partial charge in [0.25, 0.3) is 0 Å². The number of morpholine rings is 1. The molecule has 0 aromatic rings. The molecule has 13 heavy (non-hydrogen) atoms. The average Bonchev–Trinajstić information content (AvgIpc) is 2.04. The van der Waals surface area contributed by atoms with Crippen LogP contribution in [0.3, 0.4) is 0 Å². The molecule has 1 heterocycles. The Bertz CT molecular complexity index is 137. The van der Waals surface area contributed by atoms with Gasteiger partial charge in [-0.15, -0.1) is 0 Å². The highest BCUT2D eigenvalue weighted by molar-refractivity contribution is 4.72. The van der Waals surface area contributed by atoms with E-state index in [4.69, 9.17) is 10.5 Å². The fourth-order valence-electron chi connectivity index (χ4n) is 1.82. The molecule has 3 nitrogen and oxygen atoms in total. The maximum absolute atomic E-state index is 5.61. The summed E-state index contributed by atoms with van der Waals surface area (Å²) >= 11 is 0. The molecule has 0 amide bonds. The normalized spacial score (nSPS) is 25.4. The molecule has 1 atom stereocenters. The van der Waals surface area contributed by atoms with Gasteiger partial charge in [0.15, 0.2) is 0 Å². The van der Waals surface area contributed by atoms with Crippen molar-refractivity contribution in [2.75, 3.05) is 32.8 Å². The Morgan fingerprint density at radius 2 is 2.31 bits per heavy atom. The van der Waals surface area contributed by atoms with E-state index < -0.39 is 0 Å². The van der Waals surface area contributed by atoms with Crippen molar-refractivity contribution in [2.45, 2.75) is 26.4 Å². The zero-order valence-electron chi connectivity index (χ0n) is 8.83. The van der Waals surface area contributed by atoms with Crippen molar-refractivity contribution < 1.29 is 4.74 Å². The number of hydrogen-bond acceptors (Lipinski definition) is 3. The van der Waals surface area contributed by atoms with Gasteiger partial charge in [0.2, 0.25) is 0 Å². The molecule has 1 aliphatic rings. The van der Waals surface area contributed by atoms with E-state index in [1.54, 1.807) is 0 Å². The quantitative estimate of drug-likeness (QED) is 0.702. The van der Waals surface area contributed by atoms with Crippen LogP contribution in [0.5, 0.6) is 0 Å². The molecular formula is C10H22N2O. The number of hydrogen-bond donors (Lipinski definition) is 1. The third-order valence-corrected chi connectivity index (χ3v) is 2.33. The van der Waals surface area contributed by atoms with E-state index in [0.29, 0.717) is 6.10 Å². The first kappa shape index (κ1) is 11.0. The van der Waals surface area contributed by atoms with Gasteiger partial charge in [-0.3, -0.25) is 4.90 Å². The van der Waals surface area contributed by atoms with Crippen LogP contribution in [-0.4, -0.2) is 43.8 Å².